The van der Waals surface area contributed by atoms with Gasteiger partial charge in [0.05, 0.1) is 25.6 Å². The molecule has 0 spiro atoms. The molecule has 3 N–H and O–H groups in total. The van der Waals surface area contributed by atoms with E-state index in [2.05, 4.69) is 22.8 Å². The molecule has 0 atom stereocenters. The van der Waals surface area contributed by atoms with Crippen molar-refractivity contribution >= 4 is 22.7 Å². The van der Waals surface area contributed by atoms with E-state index in [4.69, 9.17) is 15.2 Å². The van der Waals surface area contributed by atoms with Gasteiger partial charge in [-0.25, -0.2) is 0 Å². The van der Waals surface area contributed by atoms with Crippen LogP contribution in [-0.4, -0.2) is 14.2 Å². The molecule has 0 fully saturated rings. The molecule has 0 aliphatic heterocycles. The maximum Gasteiger partial charge on any atom is 0.122 e. The van der Waals surface area contributed by atoms with Crippen molar-refractivity contribution in [2.45, 2.75) is 6.54 Å². The molecule has 24 heavy (non-hydrogen) atoms. The fraction of sp³-hybridized carbons (Fsp3) is 0.158. The molecular weight excluding hydrogens is 320 g/mol. The summed E-state index contributed by atoms with van der Waals surface area (Å²) >= 11 is 1.71. The van der Waals surface area contributed by atoms with E-state index in [-0.39, 0.29) is 0 Å². The lowest BCUT2D eigenvalue weighted by molar-refractivity contribution is 0.393. The lowest BCUT2D eigenvalue weighted by Gasteiger charge is -2.13. The Hall–Kier alpha value is -2.66. The monoisotopic (exact) mass is 340 g/mol. The lowest BCUT2D eigenvalue weighted by atomic mass is 10.1. The summed E-state index contributed by atoms with van der Waals surface area (Å²) in [6.45, 7) is 0.631. The number of thiophene rings is 1. The van der Waals surface area contributed by atoms with E-state index in [0.29, 0.717) is 6.54 Å². The summed E-state index contributed by atoms with van der Waals surface area (Å²) in [6, 6.07) is 16.0. The van der Waals surface area contributed by atoms with E-state index in [1.165, 1.54) is 4.88 Å². The molecule has 124 valence electrons. The molecule has 0 radical (unpaired) electrons. The average molecular weight is 340 g/mol. The zero-order valence-corrected chi connectivity index (χ0v) is 14.5. The first-order valence-electron chi connectivity index (χ1n) is 7.59. The Morgan fingerprint density at radius 3 is 2.38 bits per heavy atom. The summed E-state index contributed by atoms with van der Waals surface area (Å²) in [4.78, 5) is 1.22. The molecule has 3 rings (SSSR count). The second-order valence-electron chi connectivity index (χ2n) is 5.35. The fourth-order valence-corrected chi connectivity index (χ4v) is 3.20. The molecule has 5 heteroatoms. The minimum atomic E-state index is 0.631. The van der Waals surface area contributed by atoms with Gasteiger partial charge in [-0.2, -0.15) is 0 Å². The van der Waals surface area contributed by atoms with Crippen LogP contribution in [0.1, 0.15) is 5.56 Å². The molecule has 0 unspecified atom stereocenters. The van der Waals surface area contributed by atoms with Crippen LogP contribution in [0, 0.1) is 0 Å². The van der Waals surface area contributed by atoms with Crippen LogP contribution in [-0.2, 0) is 6.54 Å². The zero-order chi connectivity index (χ0) is 16.9. The van der Waals surface area contributed by atoms with Crippen molar-refractivity contribution in [2.75, 3.05) is 25.3 Å². The van der Waals surface area contributed by atoms with Crippen LogP contribution in [0.4, 0.5) is 11.4 Å². The van der Waals surface area contributed by atoms with Gasteiger partial charge < -0.3 is 20.5 Å². The van der Waals surface area contributed by atoms with E-state index < -0.39 is 0 Å². The van der Waals surface area contributed by atoms with Gasteiger partial charge in [0, 0.05) is 17.5 Å². The van der Waals surface area contributed by atoms with Crippen LogP contribution < -0.4 is 20.5 Å². The molecule has 0 aliphatic rings. The van der Waals surface area contributed by atoms with E-state index in [1.807, 2.05) is 36.4 Å². The number of ether oxygens (including phenoxy) is 2. The Kier molecular flexibility index (Phi) is 4.91. The van der Waals surface area contributed by atoms with Crippen molar-refractivity contribution < 1.29 is 9.47 Å². The topological polar surface area (TPSA) is 56.5 Å². The second-order valence-corrected chi connectivity index (χ2v) is 6.30. The Balaban J connectivity index is 1.80. The highest BCUT2D eigenvalue weighted by Gasteiger charge is 2.06. The molecule has 0 bridgehead atoms. The second kappa shape index (κ2) is 7.27. The number of nitrogens with one attached hydrogen (secondary N) is 1. The van der Waals surface area contributed by atoms with Crippen molar-refractivity contribution in [1.29, 1.82) is 0 Å². The highest BCUT2D eigenvalue weighted by molar-refractivity contribution is 7.13. The first-order chi connectivity index (χ1) is 11.7. The summed E-state index contributed by atoms with van der Waals surface area (Å²) in [5.74, 6) is 1.54. The third-order valence-corrected chi connectivity index (χ3v) is 4.67. The van der Waals surface area contributed by atoms with Gasteiger partial charge in [-0.1, -0.05) is 12.1 Å². The van der Waals surface area contributed by atoms with Crippen LogP contribution in [0.2, 0.25) is 0 Å². The quantitative estimate of drug-likeness (QED) is 0.643. The summed E-state index contributed by atoms with van der Waals surface area (Å²) < 4.78 is 10.6. The number of nitrogen functional groups attached to an aromatic ring is 1. The van der Waals surface area contributed by atoms with Gasteiger partial charge in [0.2, 0.25) is 0 Å². The zero-order valence-electron chi connectivity index (χ0n) is 13.7. The molecule has 2 aromatic carbocycles. The molecule has 0 amide bonds. The summed E-state index contributed by atoms with van der Waals surface area (Å²) in [5, 5.41) is 5.47. The first kappa shape index (κ1) is 16.2. The van der Waals surface area contributed by atoms with E-state index >= 15 is 0 Å². The van der Waals surface area contributed by atoms with Crippen molar-refractivity contribution in [2.24, 2.45) is 0 Å². The Morgan fingerprint density at radius 1 is 1.00 bits per heavy atom. The van der Waals surface area contributed by atoms with Crippen LogP contribution in [0.5, 0.6) is 11.5 Å². The van der Waals surface area contributed by atoms with Gasteiger partial charge in [-0.15, -0.1) is 11.3 Å². The van der Waals surface area contributed by atoms with Gasteiger partial charge in [0.1, 0.15) is 11.5 Å². The van der Waals surface area contributed by atoms with E-state index in [9.17, 15) is 0 Å². The summed E-state index contributed by atoms with van der Waals surface area (Å²) in [6.07, 6.45) is 0. The minimum Gasteiger partial charge on any atom is -0.497 e. The van der Waals surface area contributed by atoms with Crippen molar-refractivity contribution in [3.8, 4) is 21.9 Å². The van der Waals surface area contributed by atoms with Crippen LogP contribution >= 0.6 is 11.3 Å². The Labute approximate surface area is 145 Å². The maximum atomic E-state index is 6.11. The molecular formula is C19H20N2O2S. The third-order valence-electron chi connectivity index (χ3n) is 3.75. The van der Waals surface area contributed by atoms with Gasteiger partial charge in [-0.05, 0) is 46.8 Å². The van der Waals surface area contributed by atoms with Crippen molar-refractivity contribution in [3.05, 3.63) is 59.5 Å². The SMILES string of the molecule is COc1cc(CNc2cc(-c3cccs3)ccc2N)cc(OC)c1. The molecule has 0 saturated heterocycles. The Bertz CT molecular complexity index is 794. The number of rotatable bonds is 6. The normalized spacial score (nSPS) is 10.4. The smallest absolute Gasteiger partial charge is 0.122 e. The molecule has 1 heterocycles. The van der Waals surface area contributed by atoms with Crippen LogP contribution in [0.3, 0.4) is 0 Å². The van der Waals surface area contributed by atoms with Crippen molar-refractivity contribution in [3.63, 3.8) is 0 Å². The first-order valence-corrected chi connectivity index (χ1v) is 8.47. The van der Waals surface area contributed by atoms with Crippen molar-refractivity contribution in [1.82, 2.24) is 0 Å². The van der Waals surface area contributed by atoms with E-state index in [1.54, 1.807) is 25.6 Å². The molecule has 4 nitrogen and oxygen atoms in total. The van der Waals surface area contributed by atoms with Gasteiger partial charge in [0.15, 0.2) is 0 Å². The van der Waals surface area contributed by atoms with Crippen LogP contribution in [0.15, 0.2) is 53.9 Å². The number of hydrogen-bond acceptors (Lipinski definition) is 5. The standard InChI is InChI=1S/C19H20N2O2S/c1-22-15-8-13(9-16(11-15)23-2)12-21-18-10-14(5-6-17(18)20)19-4-3-7-24-19/h3-11,21H,12,20H2,1-2H3. The minimum absolute atomic E-state index is 0.631. The lowest BCUT2D eigenvalue weighted by Crippen LogP contribution is -2.03. The number of nitrogens with two attached hydrogens (primary N) is 1. The number of methoxy groups -OCH3 is 2. The molecule has 3 aromatic rings. The maximum absolute atomic E-state index is 6.11. The summed E-state index contributed by atoms with van der Waals surface area (Å²) in [5.41, 5.74) is 9.98. The number of benzene rings is 2. The highest BCUT2D eigenvalue weighted by Crippen LogP contribution is 2.31. The largest absolute Gasteiger partial charge is 0.497 e. The number of anilines is 2. The molecule has 0 aliphatic carbocycles. The Morgan fingerprint density at radius 2 is 1.75 bits per heavy atom. The summed E-state index contributed by atoms with van der Waals surface area (Å²) in [7, 11) is 3.29. The molecule has 1 aromatic heterocycles. The predicted octanol–water partition coefficient (Wildman–Crippen LogP) is 4.63. The van der Waals surface area contributed by atoms with Gasteiger partial charge >= 0.3 is 0 Å². The van der Waals surface area contributed by atoms with Crippen LogP contribution in [0.25, 0.3) is 10.4 Å². The fourth-order valence-electron chi connectivity index (χ4n) is 2.47. The van der Waals surface area contributed by atoms with E-state index in [0.717, 1.165) is 34.0 Å². The predicted molar refractivity (Wildman–Crippen MR) is 101 cm³/mol. The van der Waals surface area contributed by atoms with Gasteiger partial charge in [0.25, 0.3) is 0 Å². The third kappa shape index (κ3) is 3.63. The van der Waals surface area contributed by atoms with Gasteiger partial charge in [-0.3, -0.25) is 0 Å². The average Bonchev–Trinajstić information content (AvgIpc) is 3.15. The number of hydrogen-bond donors (Lipinski definition) is 2. The highest BCUT2D eigenvalue weighted by atomic mass is 32.1. The molecule has 0 saturated carbocycles.